The van der Waals surface area contributed by atoms with Crippen LogP contribution in [0.25, 0.3) is 0 Å². The first kappa shape index (κ1) is 16.5. The van der Waals surface area contributed by atoms with Gasteiger partial charge in [-0.05, 0) is 24.3 Å². The van der Waals surface area contributed by atoms with E-state index in [0.717, 1.165) is 38.3 Å². The summed E-state index contributed by atoms with van der Waals surface area (Å²) in [6.45, 7) is 8.75. The van der Waals surface area contributed by atoms with Gasteiger partial charge in [0.2, 0.25) is 0 Å². The molecule has 0 bridgehead atoms. The molecular weight excluding hydrogens is 480 g/mol. The Kier molecular flexibility index (Phi) is 6.15. The van der Waals surface area contributed by atoms with Gasteiger partial charge in [0.05, 0.1) is 5.70 Å². The predicted molar refractivity (Wildman–Crippen MR) is 98.8 cm³/mol. The van der Waals surface area contributed by atoms with Crippen molar-refractivity contribution in [3.8, 4) is 0 Å². The van der Waals surface area contributed by atoms with Crippen molar-refractivity contribution in [2.45, 2.75) is 20.3 Å². The molecule has 1 saturated heterocycles. The van der Waals surface area contributed by atoms with Crippen LogP contribution in [0.2, 0.25) is 0 Å². The summed E-state index contributed by atoms with van der Waals surface area (Å²) in [5, 5.41) is 2.98. The molecule has 2 aliphatic rings. The molecule has 20 heavy (non-hydrogen) atoms. The molecule has 1 aliphatic carbocycles. The number of allylic oxidation sites excluding steroid dienone is 3. The van der Waals surface area contributed by atoms with Crippen molar-refractivity contribution in [2.75, 3.05) is 26.2 Å². The second kappa shape index (κ2) is 7.44. The number of carbonyl (C=O) groups excluding carboxylic acids is 1. The number of hydrogen-bond donors (Lipinski definition) is 1. The highest BCUT2D eigenvalue weighted by molar-refractivity contribution is 14.1. The van der Waals surface area contributed by atoms with Gasteiger partial charge in [0.15, 0.2) is 0 Å². The molecule has 1 unspecified atom stereocenters. The van der Waals surface area contributed by atoms with Crippen LogP contribution in [-0.4, -0.2) is 38.1 Å². The third-order valence-corrected chi connectivity index (χ3v) is 5.18. The number of amides is 1. The molecule has 0 aromatic rings. The van der Waals surface area contributed by atoms with E-state index in [1.54, 1.807) is 22.6 Å². The summed E-state index contributed by atoms with van der Waals surface area (Å²) >= 11 is 4.18. The van der Waals surface area contributed by atoms with E-state index in [-0.39, 0.29) is 3.91 Å². The molecule has 2 rings (SSSR count). The molecule has 1 fully saturated rings. The van der Waals surface area contributed by atoms with Crippen molar-refractivity contribution in [3.05, 3.63) is 23.5 Å². The van der Waals surface area contributed by atoms with Crippen molar-refractivity contribution < 1.29 is 4.79 Å². The molecule has 0 aromatic heterocycles. The lowest BCUT2D eigenvalue weighted by Gasteiger charge is -2.38. The minimum absolute atomic E-state index is 0.0183. The number of carbonyl (C=O) groups is 1. The molecule has 1 atom stereocenters. The number of rotatable bonds is 3. The molecule has 0 radical (unpaired) electrons. The zero-order chi connectivity index (χ0) is 14.7. The zero-order valence-corrected chi connectivity index (χ0v) is 16.2. The second-order valence-electron chi connectivity index (χ2n) is 5.63. The molecule has 112 valence electrons. The summed E-state index contributed by atoms with van der Waals surface area (Å²) in [6.07, 6.45) is 5.36. The third kappa shape index (κ3) is 4.33. The highest BCUT2D eigenvalue weighted by Gasteiger charge is 2.25. The maximum Gasteiger partial charge on any atom is 0.285 e. The third-order valence-electron chi connectivity index (χ3n) is 3.95. The van der Waals surface area contributed by atoms with Gasteiger partial charge in [-0.15, -0.1) is 0 Å². The largest absolute Gasteiger partial charge is 0.371 e. The van der Waals surface area contributed by atoms with Crippen LogP contribution in [0.1, 0.15) is 20.3 Å². The van der Waals surface area contributed by atoms with E-state index >= 15 is 0 Å². The summed E-state index contributed by atoms with van der Waals surface area (Å²) in [5.74, 6) is 1.20. The zero-order valence-electron chi connectivity index (χ0n) is 11.9. The van der Waals surface area contributed by atoms with Gasteiger partial charge in [0.1, 0.15) is 0 Å². The van der Waals surface area contributed by atoms with E-state index in [0.29, 0.717) is 11.8 Å². The van der Waals surface area contributed by atoms with Crippen LogP contribution in [0, 0.1) is 11.8 Å². The Morgan fingerprint density at radius 3 is 2.55 bits per heavy atom. The van der Waals surface area contributed by atoms with E-state index in [1.165, 1.54) is 5.70 Å². The van der Waals surface area contributed by atoms with Crippen LogP contribution in [0.3, 0.4) is 0 Å². The Morgan fingerprint density at radius 2 is 2.00 bits per heavy atom. The Morgan fingerprint density at radius 1 is 1.35 bits per heavy atom. The van der Waals surface area contributed by atoms with E-state index in [2.05, 4.69) is 62.2 Å². The van der Waals surface area contributed by atoms with Crippen molar-refractivity contribution in [1.82, 2.24) is 13.3 Å². The highest BCUT2D eigenvalue weighted by Crippen LogP contribution is 2.31. The summed E-state index contributed by atoms with van der Waals surface area (Å²) in [7, 11) is 0. The van der Waals surface area contributed by atoms with Crippen molar-refractivity contribution in [2.24, 2.45) is 11.8 Å². The number of nitrogens with one attached hydrogen (secondary N) is 1. The number of piperazine rings is 1. The van der Waals surface area contributed by atoms with E-state index < -0.39 is 0 Å². The first-order valence-electron chi connectivity index (χ1n) is 7.01. The number of nitrogens with zero attached hydrogens (tertiary/aromatic N) is 2. The molecule has 1 amide bonds. The molecule has 0 aromatic carbocycles. The van der Waals surface area contributed by atoms with E-state index in [4.69, 9.17) is 0 Å². The lowest BCUT2D eigenvalue weighted by Crippen LogP contribution is -2.43. The van der Waals surface area contributed by atoms with Gasteiger partial charge in [-0.3, -0.25) is 4.79 Å². The van der Waals surface area contributed by atoms with Gasteiger partial charge >= 0.3 is 0 Å². The molecule has 0 spiro atoms. The summed E-state index contributed by atoms with van der Waals surface area (Å²) in [6, 6.07) is 0. The average molecular weight is 501 g/mol. The fraction of sp³-hybridized carbons (Fsp3) is 0.643. The Hall–Kier alpha value is 0.170. The quantitative estimate of drug-likeness (QED) is 0.278. The maximum atomic E-state index is 11.4. The Balaban J connectivity index is 2.18. The standard InChI is InChI=1S/C14H21I2N3O/c1-10(2)11-3-4-12(17-14(15)20)13(9-11)18-5-7-19(16)8-6-18/h3-4,10-11H,5-9H2,1-2H3,(H,17,20). The van der Waals surface area contributed by atoms with Crippen LogP contribution >= 0.6 is 45.5 Å². The Labute approximate surface area is 148 Å². The fourth-order valence-corrected chi connectivity index (χ4v) is 3.37. The molecule has 1 N–H and O–H groups in total. The van der Waals surface area contributed by atoms with Crippen LogP contribution < -0.4 is 5.32 Å². The van der Waals surface area contributed by atoms with Gasteiger partial charge in [-0.25, -0.2) is 3.11 Å². The van der Waals surface area contributed by atoms with Gasteiger partial charge in [0.25, 0.3) is 3.91 Å². The van der Waals surface area contributed by atoms with Crippen LogP contribution in [-0.2, 0) is 0 Å². The molecule has 6 heteroatoms. The van der Waals surface area contributed by atoms with E-state index in [1.807, 2.05) is 0 Å². The minimum Gasteiger partial charge on any atom is -0.371 e. The first-order chi connectivity index (χ1) is 9.47. The van der Waals surface area contributed by atoms with Crippen molar-refractivity contribution in [1.29, 1.82) is 0 Å². The lowest BCUT2D eigenvalue weighted by molar-refractivity contribution is 0.232. The number of hydrogen-bond acceptors (Lipinski definition) is 3. The van der Waals surface area contributed by atoms with Gasteiger partial charge in [0, 0.05) is 77.3 Å². The summed E-state index contributed by atoms with van der Waals surface area (Å²) in [5.41, 5.74) is 2.30. The van der Waals surface area contributed by atoms with E-state index in [9.17, 15) is 4.79 Å². The van der Waals surface area contributed by atoms with Crippen molar-refractivity contribution >= 4 is 49.4 Å². The van der Waals surface area contributed by atoms with Gasteiger partial charge in [-0.2, -0.15) is 0 Å². The highest BCUT2D eigenvalue weighted by atomic mass is 127. The average Bonchev–Trinajstić information content (AvgIpc) is 2.39. The SMILES string of the molecule is CC(C)C1C=CC(NC(=O)I)=C(N2CCN(I)CC2)C1. The van der Waals surface area contributed by atoms with Crippen molar-refractivity contribution in [3.63, 3.8) is 0 Å². The molecule has 1 heterocycles. The van der Waals surface area contributed by atoms with Crippen LogP contribution in [0.4, 0.5) is 4.79 Å². The molecule has 4 nitrogen and oxygen atoms in total. The van der Waals surface area contributed by atoms with Gasteiger partial charge < -0.3 is 10.2 Å². The normalized spacial score (nSPS) is 24.4. The monoisotopic (exact) mass is 501 g/mol. The van der Waals surface area contributed by atoms with Crippen LogP contribution in [0.15, 0.2) is 23.5 Å². The minimum atomic E-state index is -0.0183. The second-order valence-corrected chi connectivity index (χ2v) is 7.97. The summed E-state index contributed by atoms with van der Waals surface area (Å²) in [4.78, 5) is 13.8. The first-order valence-corrected chi connectivity index (χ1v) is 9.05. The maximum absolute atomic E-state index is 11.4. The molecule has 0 saturated carbocycles. The predicted octanol–water partition coefficient (Wildman–Crippen LogP) is 3.54. The van der Waals surface area contributed by atoms with Crippen LogP contribution in [0.5, 0.6) is 0 Å². The summed E-state index contributed by atoms with van der Waals surface area (Å²) < 4.78 is 2.31. The molecular formula is C14H21I2N3O. The van der Waals surface area contributed by atoms with Gasteiger partial charge in [-0.1, -0.05) is 19.9 Å². The smallest absolute Gasteiger partial charge is 0.285 e. The lowest BCUT2D eigenvalue weighted by atomic mass is 9.86. The molecule has 1 aliphatic heterocycles. The fourth-order valence-electron chi connectivity index (χ4n) is 2.65. The topological polar surface area (TPSA) is 35.6 Å². The number of halogens is 2. The Bertz CT molecular complexity index is 426.